The first kappa shape index (κ1) is 27.4. The number of rotatable bonds is 0. The van der Waals surface area contributed by atoms with Crippen molar-refractivity contribution in [2.45, 2.75) is 20.0 Å². The fourth-order valence-corrected chi connectivity index (χ4v) is 1.71. The fraction of sp³-hybridized carbons (Fsp3) is 0.167. The molecule has 0 heterocycles. The molecule has 3 aromatic rings. The number of aryl methyl sites for hydroxylation is 1. The van der Waals surface area contributed by atoms with Gasteiger partial charge in [0.1, 0.15) is 0 Å². The number of hydrogen-bond acceptors (Lipinski definition) is 0. The molecule has 0 spiro atoms. The Kier molecular flexibility index (Phi) is 19.5. The molecular weight excluding hydrogens is 508 g/mol. The zero-order valence-corrected chi connectivity index (χ0v) is 19.7. The summed E-state index contributed by atoms with van der Waals surface area (Å²) in [5.74, 6) is 0. The van der Waals surface area contributed by atoms with Crippen molar-refractivity contribution in [3.8, 4) is 0 Å². The number of hydrogen-bond donors (Lipinski definition) is 0. The maximum absolute atomic E-state index is 7.14. The predicted molar refractivity (Wildman–Crippen MR) is 92.2 cm³/mol. The maximum Gasteiger partial charge on any atom is 4.00 e. The van der Waals surface area contributed by atoms with E-state index in [1.807, 2.05) is 25.1 Å². The Labute approximate surface area is 173 Å². The van der Waals surface area contributed by atoms with Gasteiger partial charge in [0.25, 0.3) is 0 Å². The second-order valence-electron chi connectivity index (χ2n) is 4.52. The van der Waals surface area contributed by atoms with Gasteiger partial charge in [-0.05, 0) is 6.92 Å². The minimum atomic E-state index is 0. The standard InChI is InChI=1S/C9H7.C7H8N.C2H6Si.2ClH.Hf/c1-2-5-9-7-3-6-8(9)4-1;1-6-3-2-4-7(8)5-6;1-3-2;;;/h1-7H;2-5,8H,1H3;1-2H3;2*1H;/q2*-1;;;;+4/p-2. The van der Waals surface area contributed by atoms with Crippen LogP contribution in [0.25, 0.3) is 16.5 Å². The smallest absolute Gasteiger partial charge is 1.00 e. The van der Waals surface area contributed by atoms with Gasteiger partial charge in [-0.15, -0.1) is 35.3 Å². The molecule has 0 bridgehead atoms. The van der Waals surface area contributed by atoms with E-state index in [4.69, 9.17) is 5.73 Å². The Balaban J connectivity index is -0.000000270. The van der Waals surface area contributed by atoms with E-state index in [-0.39, 0.29) is 50.7 Å². The van der Waals surface area contributed by atoms with E-state index in [0.717, 1.165) is 15.1 Å². The number of nitrogens with one attached hydrogen (secondary N) is 1. The van der Waals surface area contributed by atoms with Gasteiger partial charge in [0.05, 0.1) is 0 Å². The van der Waals surface area contributed by atoms with Crippen molar-refractivity contribution >= 4 is 26.0 Å². The third kappa shape index (κ3) is 11.7. The van der Waals surface area contributed by atoms with E-state index < -0.39 is 0 Å². The molecule has 1 nitrogen and oxygen atoms in total. The largest absolute Gasteiger partial charge is 4.00 e. The van der Waals surface area contributed by atoms with Crippen molar-refractivity contribution in [1.82, 2.24) is 0 Å². The second kappa shape index (κ2) is 16.4. The average molecular weight is 529 g/mol. The minimum Gasteiger partial charge on any atom is -1.00 e. The van der Waals surface area contributed by atoms with Gasteiger partial charge < -0.3 is 30.5 Å². The SMILES string of the molecule is C[Si]C.Cc1cccc([NH-])c1.[Cl-].[Cl-].[Hf+4].c1ccc2[cH-]ccc2c1. The van der Waals surface area contributed by atoms with Gasteiger partial charge >= 0.3 is 25.8 Å². The average Bonchev–Trinajstić information content (AvgIpc) is 2.88. The van der Waals surface area contributed by atoms with Crippen LogP contribution < -0.4 is 24.8 Å². The Morgan fingerprint density at radius 3 is 2.00 bits per heavy atom. The van der Waals surface area contributed by atoms with Crippen LogP contribution >= 0.6 is 0 Å². The molecule has 2 radical (unpaired) electrons. The van der Waals surface area contributed by atoms with Gasteiger partial charge in [0, 0.05) is 9.52 Å². The van der Waals surface area contributed by atoms with Crippen molar-refractivity contribution in [3.05, 3.63) is 78.0 Å². The summed E-state index contributed by atoms with van der Waals surface area (Å²) >= 11 is 0. The summed E-state index contributed by atoms with van der Waals surface area (Å²) in [6, 6.07) is 22.1. The molecule has 0 atom stereocenters. The topological polar surface area (TPSA) is 23.8 Å². The van der Waals surface area contributed by atoms with Crippen molar-refractivity contribution in [1.29, 1.82) is 0 Å². The first-order valence-electron chi connectivity index (χ1n) is 6.64. The first-order chi connectivity index (χ1) is 9.67. The molecule has 0 fully saturated rings. The summed E-state index contributed by atoms with van der Waals surface area (Å²) < 4.78 is 0. The van der Waals surface area contributed by atoms with Gasteiger partial charge in [-0.2, -0.15) is 17.5 Å². The Morgan fingerprint density at radius 1 is 0.913 bits per heavy atom. The summed E-state index contributed by atoms with van der Waals surface area (Å²) in [6.45, 7) is 6.29. The molecule has 120 valence electrons. The molecule has 0 aliphatic carbocycles. The van der Waals surface area contributed by atoms with Crippen molar-refractivity contribution in [2.75, 3.05) is 0 Å². The molecule has 0 unspecified atom stereocenters. The Hall–Kier alpha value is -0.483. The Bertz CT molecular complexity index is 581. The maximum atomic E-state index is 7.14. The van der Waals surface area contributed by atoms with Gasteiger partial charge in [0.15, 0.2) is 0 Å². The number of benzene rings is 2. The minimum absolute atomic E-state index is 0. The van der Waals surface area contributed by atoms with E-state index in [1.165, 1.54) is 10.8 Å². The zero-order valence-electron chi connectivity index (χ0n) is 13.6. The van der Waals surface area contributed by atoms with Crippen LogP contribution in [-0.2, 0) is 25.8 Å². The van der Waals surface area contributed by atoms with Crippen LogP contribution in [0.3, 0.4) is 0 Å². The summed E-state index contributed by atoms with van der Waals surface area (Å²) in [5, 5.41) is 2.66. The molecule has 0 saturated heterocycles. The summed E-state index contributed by atoms with van der Waals surface area (Å²) in [6.07, 6.45) is 0. The molecule has 1 N–H and O–H groups in total. The van der Waals surface area contributed by atoms with Crippen LogP contribution in [0.4, 0.5) is 5.69 Å². The van der Waals surface area contributed by atoms with Crippen molar-refractivity contribution in [3.63, 3.8) is 0 Å². The molecule has 0 aromatic heterocycles. The van der Waals surface area contributed by atoms with Crippen molar-refractivity contribution in [2.24, 2.45) is 0 Å². The molecular formula is C18H21Cl2HfNSi. The molecule has 0 amide bonds. The normalized spacial score (nSPS) is 7.96. The second-order valence-corrected chi connectivity index (χ2v) is 5.52. The number of fused-ring (bicyclic) bond motifs is 1. The molecule has 0 aliphatic rings. The van der Waals surface area contributed by atoms with E-state index in [1.54, 1.807) is 6.07 Å². The van der Waals surface area contributed by atoms with Crippen LogP contribution in [0, 0.1) is 6.92 Å². The summed E-state index contributed by atoms with van der Waals surface area (Å²) in [7, 11) is 1.08. The van der Waals surface area contributed by atoms with Crippen LogP contribution in [0.1, 0.15) is 5.56 Å². The van der Waals surface area contributed by atoms with E-state index in [0.29, 0.717) is 5.69 Å². The van der Waals surface area contributed by atoms with Gasteiger partial charge in [-0.1, -0.05) is 49.0 Å². The van der Waals surface area contributed by atoms with Crippen LogP contribution in [0.2, 0.25) is 13.1 Å². The summed E-state index contributed by atoms with van der Waals surface area (Å²) in [5.41, 5.74) is 8.87. The van der Waals surface area contributed by atoms with E-state index >= 15 is 0 Å². The van der Waals surface area contributed by atoms with E-state index in [9.17, 15) is 0 Å². The molecule has 0 saturated carbocycles. The third-order valence-corrected chi connectivity index (χ3v) is 2.57. The quantitative estimate of drug-likeness (QED) is 0.291. The van der Waals surface area contributed by atoms with Gasteiger partial charge in [0.2, 0.25) is 0 Å². The van der Waals surface area contributed by atoms with E-state index in [2.05, 4.69) is 55.6 Å². The first-order valence-corrected chi connectivity index (χ1v) is 8.64. The van der Waals surface area contributed by atoms with Crippen molar-refractivity contribution < 1.29 is 50.7 Å². The number of halogens is 2. The predicted octanol–water partition coefficient (Wildman–Crippen LogP) is 0.0297. The molecule has 3 rings (SSSR count). The van der Waals surface area contributed by atoms with Crippen LogP contribution in [0.5, 0.6) is 0 Å². The zero-order chi connectivity index (χ0) is 14.8. The van der Waals surface area contributed by atoms with Gasteiger partial charge in [-0.25, -0.2) is 0 Å². The summed E-state index contributed by atoms with van der Waals surface area (Å²) in [4.78, 5) is 0. The Morgan fingerprint density at radius 2 is 1.52 bits per heavy atom. The fourth-order valence-electron chi connectivity index (χ4n) is 1.71. The molecule has 3 aromatic carbocycles. The molecule has 23 heavy (non-hydrogen) atoms. The molecule has 0 aliphatic heterocycles. The third-order valence-electron chi connectivity index (χ3n) is 2.57. The van der Waals surface area contributed by atoms with Crippen LogP contribution in [-0.4, -0.2) is 9.52 Å². The monoisotopic (exact) mass is 529 g/mol. The van der Waals surface area contributed by atoms with Gasteiger partial charge in [-0.3, -0.25) is 0 Å². The molecule has 5 heteroatoms. The van der Waals surface area contributed by atoms with Crippen LogP contribution in [0.15, 0.2) is 66.7 Å².